The average molecular weight is 395 g/mol. The van der Waals surface area contributed by atoms with Crippen LogP contribution in [0.5, 0.6) is 0 Å². The predicted molar refractivity (Wildman–Crippen MR) is 107 cm³/mol. The quantitative estimate of drug-likeness (QED) is 0.693. The molecule has 0 aliphatic carbocycles. The van der Waals surface area contributed by atoms with E-state index in [1.807, 2.05) is 13.8 Å². The third-order valence-corrected chi connectivity index (χ3v) is 6.71. The maximum Gasteiger partial charge on any atom is 0.252 e. The first kappa shape index (κ1) is 19.7. The number of aryl methyl sites for hydroxylation is 2. The molecule has 0 fully saturated rings. The molecule has 0 unspecified atom stereocenters. The lowest BCUT2D eigenvalue weighted by molar-refractivity contribution is 0.0953. The molecule has 1 atom stereocenters. The Balaban J connectivity index is 1.93. The molecule has 1 aromatic carbocycles. The number of pyridine rings is 2. The average Bonchev–Trinajstić information content (AvgIpc) is 2.71. The van der Waals surface area contributed by atoms with Gasteiger partial charge in [0, 0.05) is 31.3 Å². The van der Waals surface area contributed by atoms with Crippen LogP contribution in [0.2, 0.25) is 0 Å². The summed E-state index contributed by atoms with van der Waals surface area (Å²) in [6.07, 6.45) is 6.10. The maximum absolute atomic E-state index is 13.4. The molecule has 1 amide bonds. The van der Waals surface area contributed by atoms with E-state index in [0.29, 0.717) is 11.1 Å². The van der Waals surface area contributed by atoms with E-state index < -0.39 is 15.1 Å². The smallest absolute Gasteiger partial charge is 0.252 e. The van der Waals surface area contributed by atoms with Gasteiger partial charge >= 0.3 is 0 Å². The molecule has 0 radical (unpaired) electrons. The molecule has 28 heavy (non-hydrogen) atoms. The normalized spacial score (nSPS) is 12.4. The zero-order chi connectivity index (χ0) is 20.1. The standard InChI is InChI=1S/C21H21N3O3S/c1-15-7-8-19(11-16(15)2)28(26,27)20(17-5-3-9-22-12-17)14-24-21(25)18-6-4-10-23-13-18/h3-13,20H,14H2,1-2H3,(H,24,25)/t20-/m1/s1. The van der Waals surface area contributed by atoms with Crippen molar-refractivity contribution in [2.24, 2.45) is 0 Å². The van der Waals surface area contributed by atoms with Crippen LogP contribution in [0.3, 0.4) is 0 Å². The molecule has 144 valence electrons. The van der Waals surface area contributed by atoms with Crippen LogP contribution >= 0.6 is 0 Å². The Labute approximate surface area is 164 Å². The molecule has 0 saturated carbocycles. The van der Waals surface area contributed by atoms with Crippen molar-refractivity contribution in [1.29, 1.82) is 0 Å². The molecule has 0 aliphatic rings. The number of benzene rings is 1. The number of carbonyl (C=O) groups is 1. The Morgan fingerprint density at radius 1 is 1.00 bits per heavy atom. The molecule has 2 aromatic heterocycles. The van der Waals surface area contributed by atoms with Crippen LogP contribution in [-0.2, 0) is 9.84 Å². The van der Waals surface area contributed by atoms with Crippen LogP contribution < -0.4 is 5.32 Å². The molecule has 7 heteroatoms. The minimum atomic E-state index is -3.74. The van der Waals surface area contributed by atoms with Crippen LogP contribution in [-0.4, -0.2) is 30.8 Å². The fourth-order valence-electron chi connectivity index (χ4n) is 2.81. The first-order valence-electron chi connectivity index (χ1n) is 8.79. The van der Waals surface area contributed by atoms with Gasteiger partial charge in [-0.15, -0.1) is 0 Å². The second-order valence-corrected chi connectivity index (χ2v) is 8.65. The highest BCUT2D eigenvalue weighted by Gasteiger charge is 2.30. The molecule has 0 saturated heterocycles. The van der Waals surface area contributed by atoms with Crippen molar-refractivity contribution in [3.63, 3.8) is 0 Å². The molecule has 3 rings (SSSR count). The van der Waals surface area contributed by atoms with Gasteiger partial charge in [-0.3, -0.25) is 14.8 Å². The number of nitrogens with zero attached hydrogens (tertiary/aromatic N) is 2. The predicted octanol–water partition coefficient (Wildman–Crippen LogP) is 3.04. The lowest BCUT2D eigenvalue weighted by Crippen LogP contribution is -2.32. The molecular weight excluding hydrogens is 374 g/mol. The number of nitrogens with one attached hydrogen (secondary N) is 1. The van der Waals surface area contributed by atoms with Crippen molar-refractivity contribution < 1.29 is 13.2 Å². The fraction of sp³-hybridized carbons (Fsp3) is 0.190. The van der Waals surface area contributed by atoms with E-state index in [9.17, 15) is 13.2 Å². The highest BCUT2D eigenvalue weighted by atomic mass is 32.2. The number of hydrogen-bond donors (Lipinski definition) is 1. The molecule has 1 N–H and O–H groups in total. The van der Waals surface area contributed by atoms with Gasteiger partial charge < -0.3 is 5.32 Å². The maximum atomic E-state index is 13.4. The zero-order valence-corrected chi connectivity index (χ0v) is 16.5. The van der Waals surface area contributed by atoms with Gasteiger partial charge in [0.05, 0.1) is 10.5 Å². The minimum absolute atomic E-state index is 0.0747. The summed E-state index contributed by atoms with van der Waals surface area (Å²) in [5, 5.41) is 1.76. The van der Waals surface area contributed by atoms with Crippen molar-refractivity contribution in [2.75, 3.05) is 6.54 Å². The summed E-state index contributed by atoms with van der Waals surface area (Å²) >= 11 is 0. The van der Waals surface area contributed by atoms with Gasteiger partial charge in [-0.1, -0.05) is 12.1 Å². The van der Waals surface area contributed by atoms with E-state index in [2.05, 4.69) is 15.3 Å². The van der Waals surface area contributed by atoms with Crippen molar-refractivity contribution in [3.05, 3.63) is 89.5 Å². The van der Waals surface area contributed by atoms with Crippen molar-refractivity contribution in [3.8, 4) is 0 Å². The molecular formula is C21H21N3O3S. The topological polar surface area (TPSA) is 89.0 Å². The third kappa shape index (κ3) is 4.26. The van der Waals surface area contributed by atoms with Crippen LogP contribution in [0.15, 0.2) is 72.1 Å². The SMILES string of the molecule is Cc1ccc(S(=O)(=O)[C@H](CNC(=O)c2cccnc2)c2cccnc2)cc1C. The number of rotatable bonds is 6. The summed E-state index contributed by atoms with van der Waals surface area (Å²) in [4.78, 5) is 20.6. The van der Waals surface area contributed by atoms with Gasteiger partial charge in [0.2, 0.25) is 0 Å². The molecule has 3 aromatic rings. The third-order valence-electron chi connectivity index (χ3n) is 4.61. The number of sulfone groups is 1. The zero-order valence-electron chi connectivity index (χ0n) is 15.7. The summed E-state index contributed by atoms with van der Waals surface area (Å²) in [7, 11) is -3.74. The van der Waals surface area contributed by atoms with E-state index in [4.69, 9.17) is 0 Å². The van der Waals surface area contributed by atoms with Crippen LogP contribution in [0.25, 0.3) is 0 Å². The lowest BCUT2D eigenvalue weighted by atomic mass is 10.1. The Bertz CT molecular complexity index is 1070. The Morgan fingerprint density at radius 3 is 2.32 bits per heavy atom. The van der Waals surface area contributed by atoms with Gasteiger partial charge in [0.1, 0.15) is 5.25 Å². The minimum Gasteiger partial charge on any atom is -0.350 e. The molecule has 2 heterocycles. The second-order valence-electron chi connectivity index (χ2n) is 6.52. The Hall–Kier alpha value is -3.06. The number of hydrogen-bond acceptors (Lipinski definition) is 5. The molecule has 0 bridgehead atoms. The highest BCUT2D eigenvalue weighted by molar-refractivity contribution is 7.91. The fourth-order valence-corrected chi connectivity index (χ4v) is 4.54. The monoisotopic (exact) mass is 395 g/mol. The molecule has 0 spiro atoms. The van der Waals surface area contributed by atoms with E-state index >= 15 is 0 Å². The summed E-state index contributed by atoms with van der Waals surface area (Å²) in [6, 6.07) is 11.7. The van der Waals surface area contributed by atoms with E-state index in [0.717, 1.165) is 11.1 Å². The van der Waals surface area contributed by atoms with Crippen LogP contribution in [0.4, 0.5) is 0 Å². The van der Waals surface area contributed by atoms with Gasteiger partial charge in [0.15, 0.2) is 9.84 Å². The molecule has 0 aliphatic heterocycles. The Kier molecular flexibility index (Phi) is 5.84. The van der Waals surface area contributed by atoms with Crippen molar-refractivity contribution >= 4 is 15.7 Å². The van der Waals surface area contributed by atoms with Crippen molar-refractivity contribution in [1.82, 2.24) is 15.3 Å². The lowest BCUT2D eigenvalue weighted by Gasteiger charge is -2.19. The van der Waals surface area contributed by atoms with Gasteiger partial charge in [-0.2, -0.15) is 0 Å². The van der Waals surface area contributed by atoms with E-state index in [-0.39, 0.29) is 17.3 Å². The molecule has 6 nitrogen and oxygen atoms in total. The van der Waals surface area contributed by atoms with Gasteiger partial charge in [-0.25, -0.2) is 8.42 Å². The van der Waals surface area contributed by atoms with Crippen LogP contribution in [0, 0.1) is 13.8 Å². The van der Waals surface area contributed by atoms with Gasteiger partial charge in [-0.05, 0) is 60.9 Å². The number of carbonyl (C=O) groups excluding carboxylic acids is 1. The largest absolute Gasteiger partial charge is 0.350 e. The second kappa shape index (κ2) is 8.31. The first-order valence-corrected chi connectivity index (χ1v) is 10.3. The highest BCUT2D eigenvalue weighted by Crippen LogP contribution is 2.29. The van der Waals surface area contributed by atoms with Crippen LogP contribution in [0.1, 0.15) is 32.3 Å². The van der Waals surface area contributed by atoms with E-state index in [1.54, 1.807) is 54.9 Å². The number of amides is 1. The number of aromatic nitrogens is 2. The first-order chi connectivity index (χ1) is 13.4. The summed E-state index contributed by atoms with van der Waals surface area (Å²) < 4.78 is 26.7. The summed E-state index contributed by atoms with van der Waals surface area (Å²) in [5.41, 5.74) is 2.80. The van der Waals surface area contributed by atoms with E-state index in [1.165, 1.54) is 12.4 Å². The Morgan fingerprint density at radius 2 is 1.71 bits per heavy atom. The summed E-state index contributed by atoms with van der Waals surface area (Å²) in [6.45, 7) is 3.73. The van der Waals surface area contributed by atoms with Crippen molar-refractivity contribution in [2.45, 2.75) is 24.0 Å². The van der Waals surface area contributed by atoms with Gasteiger partial charge in [0.25, 0.3) is 5.91 Å². The summed E-state index contributed by atoms with van der Waals surface area (Å²) in [5.74, 6) is -0.378.